The molecule has 0 aliphatic heterocycles. The molecule has 0 radical (unpaired) electrons. The molecule has 0 spiro atoms. The number of hydrogen-bond donors (Lipinski definition) is 3. The van der Waals surface area contributed by atoms with Gasteiger partial charge in [0.05, 0.1) is 34.9 Å². The third-order valence-electron chi connectivity index (χ3n) is 6.83. The number of rotatable bonds is 6. The summed E-state index contributed by atoms with van der Waals surface area (Å²) >= 11 is 0. The molecule has 48 heavy (non-hydrogen) atoms. The minimum absolute atomic E-state index is 0.216. The van der Waals surface area contributed by atoms with Crippen molar-refractivity contribution in [3.8, 4) is 45.0 Å². The van der Waals surface area contributed by atoms with Gasteiger partial charge in [-0.3, -0.25) is 0 Å². The first-order valence-electron chi connectivity index (χ1n) is 12.2. The van der Waals surface area contributed by atoms with Crippen LogP contribution in [0.15, 0.2) is 6.07 Å². The van der Waals surface area contributed by atoms with Gasteiger partial charge in [-0.1, -0.05) is 0 Å². The Morgan fingerprint density at radius 2 is 0.812 bits per heavy atom. The highest BCUT2D eigenvalue weighted by Gasteiger charge is 2.38. The number of benzene rings is 4. The van der Waals surface area contributed by atoms with Crippen molar-refractivity contribution in [2.45, 2.75) is 0 Å². The van der Waals surface area contributed by atoms with Crippen LogP contribution in [0.3, 0.4) is 0 Å². The molecule has 0 unspecified atom stereocenters. The number of fused-ring (bicyclic) bond motifs is 1. The average Bonchev–Trinajstić information content (AvgIpc) is 3.39. The van der Waals surface area contributed by atoms with Crippen molar-refractivity contribution in [3.05, 3.63) is 93.3 Å². The van der Waals surface area contributed by atoms with Crippen molar-refractivity contribution in [1.82, 2.24) is 4.98 Å². The Bertz CT molecular complexity index is 2120. The third kappa shape index (κ3) is 4.78. The predicted octanol–water partition coefficient (Wildman–Crippen LogP) is 7.61. The molecule has 5 aromatic rings. The monoisotopic (exact) mass is 705 g/mol. The molecule has 0 saturated carbocycles. The molecular formula is C27H7BF15NO4. The second-order valence-electron chi connectivity index (χ2n) is 9.36. The number of ether oxygens (including phenoxy) is 1. The van der Waals surface area contributed by atoms with E-state index in [0.29, 0.717) is 7.11 Å². The average molecular weight is 705 g/mol. The molecule has 21 heteroatoms. The van der Waals surface area contributed by atoms with Crippen molar-refractivity contribution in [2.75, 3.05) is 7.11 Å². The van der Waals surface area contributed by atoms with Gasteiger partial charge in [0.2, 0.25) is 17.5 Å². The van der Waals surface area contributed by atoms with E-state index >= 15 is 26.3 Å². The second-order valence-corrected chi connectivity index (χ2v) is 9.36. The lowest BCUT2D eigenvalue weighted by Crippen LogP contribution is -2.21. The van der Waals surface area contributed by atoms with E-state index in [1.54, 1.807) is 0 Å². The van der Waals surface area contributed by atoms with Gasteiger partial charge in [-0.2, -0.15) is 0 Å². The Morgan fingerprint density at radius 1 is 0.479 bits per heavy atom. The number of aromatic amines is 1. The minimum Gasteiger partial charge on any atom is -0.498 e. The van der Waals surface area contributed by atoms with Crippen LogP contribution < -0.4 is 9.39 Å². The smallest absolute Gasteiger partial charge is 0.498 e. The fraction of sp³-hybridized carbons (Fsp3) is 0.0370. The maximum absolute atomic E-state index is 15.4. The van der Waals surface area contributed by atoms with Gasteiger partial charge in [0.1, 0.15) is 5.75 Å². The van der Waals surface area contributed by atoms with Gasteiger partial charge in [-0.25, -0.2) is 65.9 Å². The van der Waals surface area contributed by atoms with E-state index in [0.717, 1.165) is 0 Å². The number of nitrogens with one attached hydrogen (secondary N) is 1. The standard InChI is InChI=1S/C27H7BF15NO4/c1-47-26-3(5-11(29)17(35)23(41)18(36)12(5)30)2-4-6(7(26)9-13(31)19(37)24(42)20(38)14(9)32)8(27(44-4)48-28(45)46)10-15(33)21(39)25(43)22(40)16(10)34/h2,44-46H,1H3. The summed E-state index contributed by atoms with van der Waals surface area (Å²) in [5.41, 5.74) is -12.4. The molecule has 0 aliphatic carbocycles. The van der Waals surface area contributed by atoms with Crippen LogP contribution in [0.2, 0.25) is 0 Å². The summed E-state index contributed by atoms with van der Waals surface area (Å²) in [6.07, 6.45) is 0. The maximum Gasteiger partial charge on any atom is 0.708 e. The molecular weight excluding hydrogens is 698 g/mol. The van der Waals surface area contributed by atoms with Crippen LogP contribution in [0.5, 0.6) is 11.6 Å². The van der Waals surface area contributed by atoms with E-state index in [1.807, 2.05) is 4.98 Å². The molecule has 0 atom stereocenters. The number of H-pyrrole nitrogens is 1. The van der Waals surface area contributed by atoms with Gasteiger partial charge in [0.15, 0.2) is 75.7 Å². The zero-order valence-electron chi connectivity index (χ0n) is 22.5. The molecule has 0 saturated heterocycles. The zero-order chi connectivity index (χ0) is 35.8. The Kier molecular flexibility index (Phi) is 8.49. The summed E-state index contributed by atoms with van der Waals surface area (Å²) in [4.78, 5) is 1.85. The van der Waals surface area contributed by atoms with Gasteiger partial charge in [0, 0.05) is 16.5 Å². The number of halogens is 15. The van der Waals surface area contributed by atoms with Crippen LogP contribution in [0.1, 0.15) is 0 Å². The lowest BCUT2D eigenvalue weighted by atomic mass is 9.89. The minimum atomic E-state index is -3.09. The molecule has 3 N–H and O–H groups in total. The van der Waals surface area contributed by atoms with Crippen LogP contribution in [0.4, 0.5) is 65.9 Å². The van der Waals surface area contributed by atoms with Crippen LogP contribution >= 0.6 is 0 Å². The first kappa shape index (κ1) is 34.3. The second kappa shape index (κ2) is 11.9. The van der Waals surface area contributed by atoms with Gasteiger partial charge in [0.25, 0.3) is 0 Å². The van der Waals surface area contributed by atoms with Gasteiger partial charge >= 0.3 is 7.32 Å². The van der Waals surface area contributed by atoms with Gasteiger partial charge < -0.3 is 24.4 Å². The Hall–Kier alpha value is -5.05. The normalized spacial score (nSPS) is 11.5. The van der Waals surface area contributed by atoms with E-state index in [9.17, 15) is 49.6 Å². The lowest BCUT2D eigenvalue weighted by molar-refractivity contribution is 0.284. The van der Waals surface area contributed by atoms with Crippen LogP contribution in [0, 0.1) is 87.3 Å². The predicted molar refractivity (Wildman–Crippen MR) is 131 cm³/mol. The van der Waals surface area contributed by atoms with E-state index in [2.05, 4.69) is 4.65 Å². The zero-order valence-corrected chi connectivity index (χ0v) is 22.5. The fourth-order valence-electron chi connectivity index (χ4n) is 4.88. The Morgan fingerprint density at radius 3 is 1.17 bits per heavy atom. The summed E-state index contributed by atoms with van der Waals surface area (Å²) in [5.74, 6) is -44.2. The Balaban J connectivity index is 2.18. The SMILES string of the molecule is COc1c(-c2c(F)c(F)c(F)c(F)c2F)cc2[nH]c(OB(O)O)c(-c3c(F)c(F)c(F)c(F)c3F)c2c1-c1c(F)c(F)c(F)c(F)c1F. The first-order chi connectivity index (χ1) is 22.4. The molecule has 0 amide bonds. The maximum atomic E-state index is 15.4. The van der Waals surface area contributed by atoms with Crippen LogP contribution in [-0.4, -0.2) is 29.5 Å². The summed E-state index contributed by atoms with van der Waals surface area (Å²) in [7, 11) is -2.65. The van der Waals surface area contributed by atoms with E-state index < -0.39 is 150 Å². The number of aromatic nitrogens is 1. The van der Waals surface area contributed by atoms with Crippen molar-refractivity contribution in [1.29, 1.82) is 0 Å². The summed E-state index contributed by atoms with van der Waals surface area (Å²) in [5, 5.41) is 17.3. The largest absolute Gasteiger partial charge is 0.708 e. The molecule has 0 fully saturated rings. The van der Waals surface area contributed by atoms with Crippen molar-refractivity contribution in [3.63, 3.8) is 0 Å². The Labute approximate surface area is 254 Å². The van der Waals surface area contributed by atoms with Gasteiger partial charge in [-0.15, -0.1) is 0 Å². The topological polar surface area (TPSA) is 74.7 Å². The summed E-state index contributed by atoms with van der Waals surface area (Å²) < 4.78 is 228. The number of methoxy groups -OCH3 is 1. The molecule has 0 bridgehead atoms. The first-order valence-corrected chi connectivity index (χ1v) is 12.2. The van der Waals surface area contributed by atoms with Gasteiger partial charge in [-0.05, 0) is 6.07 Å². The fourth-order valence-corrected chi connectivity index (χ4v) is 4.88. The highest BCUT2D eigenvalue weighted by Crippen LogP contribution is 2.53. The molecule has 5 nitrogen and oxygen atoms in total. The van der Waals surface area contributed by atoms with Crippen LogP contribution in [0.25, 0.3) is 44.3 Å². The quantitative estimate of drug-likeness (QED) is 0.0737. The van der Waals surface area contributed by atoms with E-state index in [1.165, 1.54) is 0 Å². The molecule has 1 heterocycles. The van der Waals surface area contributed by atoms with E-state index in [-0.39, 0.29) is 6.07 Å². The van der Waals surface area contributed by atoms with Crippen molar-refractivity contribution >= 4 is 18.2 Å². The summed E-state index contributed by atoms with van der Waals surface area (Å²) in [6, 6.07) is 0.216. The molecule has 252 valence electrons. The molecule has 4 aromatic carbocycles. The summed E-state index contributed by atoms with van der Waals surface area (Å²) in [6.45, 7) is 0. The van der Waals surface area contributed by atoms with Crippen molar-refractivity contribution < 1.29 is 85.3 Å². The third-order valence-corrected chi connectivity index (χ3v) is 6.83. The molecule has 0 aliphatic rings. The lowest BCUT2D eigenvalue weighted by Gasteiger charge is -2.19. The highest BCUT2D eigenvalue weighted by molar-refractivity contribution is 6.34. The number of hydrogen-bond acceptors (Lipinski definition) is 4. The van der Waals surface area contributed by atoms with E-state index in [4.69, 9.17) is 4.74 Å². The molecule has 5 rings (SSSR count). The molecule has 1 aromatic heterocycles. The van der Waals surface area contributed by atoms with Crippen LogP contribution in [-0.2, 0) is 0 Å². The highest BCUT2D eigenvalue weighted by atomic mass is 19.2. The van der Waals surface area contributed by atoms with Crippen molar-refractivity contribution in [2.24, 2.45) is 0 Å².